The van der Waals surface area contributed by atoms with Gasteiger partial charge in [0.2, 0.25) is 5.91 Å². The number of para-hydroxylation sites is 1. The molecule has 0 aliphatic heterocycles. The van der Waals surface area contributed by atoms with Crippen LogP contribution in [0.4, 0.5) is 18.9 Å². The first kappa shape index (κ1) is 18.5. The average Bonchev–Trinajstić information content (AvgIpc) is 2.99. The fraction of sp³-hybridized carbons (Fsp3) is 0.474. The topological polar surface area (TPSA) is 46.9 Å². The smallest absolute Gasteiger partial charge is 0.326 e. The number of hydrogen-bond donors (Lipinski definition) is 1. The highest BCUT2D eigenvalue weighted by Crippen LogP contribution is 2.35. The number of hydrogen-bond acceptors (Lipinski definition) is 2. The predicted molar refractivity (Wildman–Crippen MR) is 92.8 cm³/mol. The van der Waals surface area contributed by atoms with E-state index in [1.165, 1.54) is 4.68 Å². The maximum Gasteiger partial charge on any atom is 0.435 e. The number of alkyl halides is 3. The largest absolute Gasteiger partial charge is 0.435 e. The van der Waals surface area contributed by atoms with Crippen LogP contribution in [-0.2, 0) is 30.4 Å². The second kappa shape index (κ2) is 7.93. The second-order valence-corrected chi connectivity index (χ2v) is 6.57. The van der Waals surface area contributed by atoms with Gasteiger partial charge in [0.05, 0.1) is 0 Å². The molecule has 1 aliphatic carbocycles. The zero-order valence-electron chi connectivity index (χ0n) is 14.5. The van der Waals surface area contributed by atoms with Gasteiger partial charge in [-0.3, -0.25) is 9.48 Å². The first-order valence-electron chi connectivity index (χ1n) is 8.96. The van der Waals surface area contributed by atoms with Crippen molar-refractivity contribution in [2.45, 2.75) is 57.7 Å². The molecule has 1 heterocycles. The van der Waals surface area contributed by atoms with E-state index in [0.717, 1.165) is 24.2 Å². The van der Waals surface area contributed by atoms with Gasteiger partial charge >= 0.3 is 6.18 Å². The number of amides is 1. The standard InChI is InChI=1S/C19H22F3N3O/c20-19(21,22)18-15-10-4-5-11-16(15)25(24-18)13-7-6-12-17(26)23-14-8-2-1-3-9-14/h1-3,8-9H,4-7,10-13H2,(H,23,26). The Kier molecular flexibility index (Phi) is 5.64. The molecule has 1 aromatic heterocycles. The number of carbonyl (C=O) groups is 1. The SMILES string of the molecule is O=C(CCCCn1nc(C(F)(F)F)c2c1CCCC2)Nc1ccccc1. The van der Waals surface area contributed by atoms with Gasteiger partial charge in [-0.25, -0.2) is 0 Å². The molecule has 3 rings (SSSR count). The Morgan fingerprint density at radius 2 is 1.85 bits per heavy atom. The number of aromatic nitrogens is 2. The molecule has 1 amide bonds. The lowest BCUT2D eigenvalue weighted by Gasteiger charge is -2.14. The third-order valence-corrected chi connectivity index (χ3v) is 4.61. The lowest BCUT2D eigenvalue weighted by Crippen LogP contribution is -2.12. The highest BCUT2D eigenvalue weighted by atomic mass is 19.4. The summed E-state index contributed by atoms with van der Waals surface area (Å²) in [6.07, 6.45) is -0.0670. The Balaban J connectivity index is 1.53. The number of rotatable bonds is 6. The van der Waals surface area contributed by atoms with Crippen LogP contribution in [-0.4, -0.2) is 15.7 Å². The summed E-state index contributed by atoms with van der Waals surface area (Å²) in [6.45, 7) is 0.414. The number of unbranched alkanes of at least 4 members (excludes halogenated alkanes) is 1. The molecule has 1 aromatic carbocycles. The zero-order chi connectivity index (χ0) is 18.6. The van der Waals surface area contributed by atoms with Crippen LogP contribution < -0.4 is 5.32 Å². The normalized spacial score (nSPS) is 14.1. The number of anilines is 1. The summed E-state index contributed by atoms with van der Waals surface area (Å²) in [5, 5.41) is 6.64. The van der Waals surface area contributed by atoms with Crippen LogP contribution in [0.25, 0.3) is 0 Å². The summed E-state index contributed by atoms with van der Waals surface area (Å²) >= 11 is 0. The molecule has 4 nitrogen and oxygen atoms in total. The second-order valence-electron chi connectivity index (χ2n) is 6.57. The Labute approximate surface area is 150 Å². The highest BCUT2D eigenvalue weighted by molar-refractivity contribution is 5.90. The van der Waals surface area contributed by atoms with Crippen LogP contribution in [0.1, 0.15) is 49.1 Å². The van der Waals surface area contributed by atoms with Crippen molar-refractivity contribution in [2.75, 3.05) is 5.32 Å². The number of benzene rings is 1. The van der Waals surface area contributed by atoms with Gasteiger partial charge in [0.25, 0.3) is 0 Å². The number of carbonyl (C=O) groups excluding carboxylic acids is 1. The highest BCUT2D eigenvalue weighted by Gasteiger charge is 2.39. The predicted octanol–water partition coefficient (Wildman–Crippen LogP) is 4.59. The van der Waals surface area contributed by atoms with E-state index < -0.39 is 11.9 Å². The third-order valence-electron chi connectivity index (χ3n) is 4.61. The molecule has 0 radical (unpaired) electrons. The minimum absolute atomic E-state index is 0.0883. The molecule has 140 valence electrons. The van der Waals surface area contributed by atoms with Crippen molar-refractivity contribution in [1.29, 1.82) is 0 Å². The van der Waals surface area contributed by atoms with Gasteiger partial charge in [-0.05, 0) is 50.7 Å². The van der Waals surface area contributed by atoms with Crippen molar-refractivity contribution in [3.63, 3.8) is 0 Å². The number of nitrogens with zero attached hydrogens (tertiary/aromatic N) is 2. The number of halogens is 3. The van der Waals surface area contributed by atoms with Crippen molar-refractivity contribution in [2.24, 2.45) is 0 Å². The van der Waals surface area contributed by atoms with E-state index in [1.807, 2.05) is 30.3 Å². The van der Waals surface area contributed by atoms with Crippen molar-refractivity contribution in [3.8, 4) is 0 Å². The maximum absolute atomic E-state index is 13.2. The Morgan fingerprint density at radius 1 is 1.12 bits per heavy atom. The van der Waals surface area contributed by atoms with E-state index >= 15 is 0 Å². The molecule has 0 saturated carbocycles. The molecule has 0 saturated heterocycles. The van der Waals surface area contributed by atoms with Crippen LogP contribution in [0.15, 0.2) is 30.3 Å². The molecule has 1 N–H and O–H groups in total. The minimum atomic E-state index is -4.40. The number of aryl methyl sites for hydroxylation is 1. The molecule has 2 aromatic rings. The first-order chi connectivity index (χ1) is 12.4. The Bertz CT molecular complexity index is 753. The summed E-state index contributed by atoms with van der Waals surface area (Å²) in [7, 11) is 0. The number of fused-ring (bicyclic) bond motifs is 1. The monoisotopic (exact) mass is 365 g/mol. The van der Waals surface area contributed by atoms with Gasteiger partial charge < -0.3 is 5.32 Å². The number of nitrogens with one attached hydrogen (secondary N) is 1. The van der Waals surface area contributed by atoms with Crippen LogP contribution in [0.3, 0.4) is 0 Å². The Hall–Kier alpha value is -2.31. The molecule has 0 atom stereocenters. The molecular formula is C19H22F3N3O. The maximum atomic E-state index is 13.2. The molecule has 0 fully saturated rings. The summed E-state index contributed by atoms with van der Waals surface area (Å²) in [5.74, 6) is -0.0883. The van der Waals surface area contributed by atoms with E-state index in [1.54, 1.807) is 0 Å². The summed E-state index contributed by atoms with van der Waals surface area (Å²) in [4.78, 5) is 11.9. The molecule has 1 aliphatic rings. The summed E-state index contributed by atoms with van der Waals surface area (Å²) in [6, 6.07) is 9.18. The first-order valence-corrected chi connectivity index (χ1v) is 8.96. The van der Waals surface area contributed by atoms with Gasteiger partial charge in [-0.15, -0.1) is 0 Å². The van der Waals surface area contributed by atoms with Crippen LogP contribution in [0.5, 0.6) is 0 Å². The van der Waals surface area contributed by atoms with Crippen LogP contribution in [0, 0.1) is 0 Å². The van der Waals surface area contributed by atoms with Crippen molar-refractivity contribution in [3.05, 3.63) is 47.3 Å². The van der Waals surface area contributed by atoms with Gasteiger partial charge in [0, 0.05) is 29.9 Å². The third kappa shape index (κ3) is 4.45. The van der Waals surface area contributed by atoms with Gasteiger partial charge in [0.15, 0.2) is 5.69 Å². The van der Waals surface area contributed by atoms with Crippen molar-refractivity contribution < 1.29 is 18.0 Å². The summed E-state index contributed by atoms with van der Waals surface area (Å²) < 4.78 is 41.0. The van der Waals surface area contributed by atoms with Crippen LogP contribution >= 0.6 is 0 Å². The van der Waals surface area contributed by atoms with Gasteiger partial charge in [0.1, 0.15) is 0 Å². The average molecular weight is 365 g/mol. The van der Waals surface area contributed by atoms with E-state index in [0.29, 0.717) is 44.2 Å². The minimum Gasteiger partial charge on any atom is -0.326 e. The molecule has 0 unspecified atom stereocenters. The van der Waals surface area contributed by atoms with Gasteiger partial charge in [-0.2, -0.15) is 18.3 Å². The Morgan fingerprint density at radius 3 is 2.58 bits per heavy atom. The summed E-state index contributed by atoms with van der Waals surface area (Å²) in [5.41, 5.74) is 1.10. The zero-order valence-corrected chi connectivity index (χ0v) is 14.5. The van der Waals surface area contributed by atoms with E-state index in [9.17, 15) is 18.0 Å². The fourth-order valence-corrected chi connectivity index (χ4v) is 3.38. The van der Waals surface area contributed by atoms with E-state index in [4.69, 9.17) is 0 Å². The molecule has 7 heteroatoms. The van der Waals surface area contributed by atoms with Gasteiger partial charge in [-0.1, -0.05) is 18.2 Å². The molecular weight excluding hydrogens is 343 g/mol. The molecule has 26 heavy (non-hydrogen) atoms. The molecule has 0 bridgehead atoms. The van der Waals surface area contributed by atoms with Crippen LogP contribution in [0.2, 0.25) is 0 Å². The van der Waals surface area contributed by atoms with E-state index in [2.05, 4.69) is 10.4 Å². The van der Waals surface area contributed by atoms with E-state index in [-0.39, 0.29) is 5.91 Å². The van der Waals surface area contributed by atoms with Crippen molar-refractivity contribution >= 4 is 11.6 Å². The van der Waals surface area contributed by atoms with Crippen molar-refractivity contribution in [1.82, 2.24) is 9.78 Å². The quantitative estimate of drug-likeness (QED) is 0.761. The lowest BCUT2D eigenvalue weighted by molar-refractivity contribution is -0.142. The fourth-order valence-electron chi connectivity index (χ4n) is 3.38. The molecule has 0 spiro atoms. The lowest BCUT2D eigenvalue weighted by atomic mass is 9.95.